The zero-order chi connectivity index (χ0) is 29.3. The van der Waals surface area contributed by atoms with Gasteiger partial charge in [0.05, 0.1) is 0 Å². The molecule has 0 fully saturated rings. The molecule has 1 aliphatic carbocycles. The van der Waals surface area contributed by atoms with Gasteiger partial charge in [-0.1, -0.05) is 181 Å². The molecular weight excluding hydrogens is 480 g/mol. The van der Waals surface area contributed by atoms with E-state index >= 15 is 0 Å². The second-order valence-corrected chi connectivity index (χ2v) is 14.6. The van der Waals surface area contributed by atoms with Crippen LogP contribution in [0.4, 0.5) is 0 Å². The monoisotopic (exact) mass is 557 g/mol. The standard InChI is InChI=1S/C40H76/c1-7-9-11-13-19-25-31-39-37(29-23-12-10-8-2)33-34-38(30-24-18-14-16-21-27-35(3)4)40(39)32-26-20-15-17-22-28-36(5)6/h19,25,33-40H,7-18,20-24,26-32H2,1-6H3/b25-19+. The summed E-state index contributed by atoms with van der Waals surface area (Å²) in [5.41, 5.74) is 0. The van der Waals surface area contributed by atoms with Gasteiger partial charge in [0.2, 0.25) is 0 Å². The summed E-state index contributed by atoms with van der Waals surface area (Å²) in [5, 5.41) is 0. The Kier molecular flexibility index (Phi) is 24.5. The summed E-state index contributed by atoms with van der Waals surface area (Å²) in [5.74, 6) is 5.19. The fourth-order valence-electron chi connectivity index (χ4n) is 7.22. The maximum atomic E-state index is 2.73. The molecule has 1 aliphatic rings. The van der Waals surface area contributed by atoms with Gasteiger partial charge in [0.25, 0.3) is 0 Å². The Morgan fingerprint density at radius 3 is 1.48 bits per heavy atom. The lowest BCUT2D eigenvalue weighted by atomic mass is 9.65. The Balaban J connectivity index is 2.77. The van der Waals surface area contributed by atoms with Gasteiger partial charge in [-0.15, -0.1) is 0 Å². The van der Waals surface area contributed by atoms with Crippen molar-refractivity contribution in [3.63, 3.8) is 0 Å². The first-order valence-electron chi connectivity index (χ1n) is 18.8. The maximum Gasteiger partial charge on any atom is -0.0199 e. The molecule has 4 unspecified atom stereocenters. The molecule has 0 saturated carbocycles. The predicted octanol–water partition coefficient (Wildman–Crippen LogP) is 14.3. The summed E-state index contributed by atoms with van der Waals surface area (Å²) >= 11 is 0. The van der Waals surface area contributed by atoms with Crippen molar-refractivity contribution in [1.29, 1.82) is 0 Å². The van der Waals surface area contributed by atoms with E-state index in [4.69, 9.17) is 0 Å². The van der Waals surface area contributed by atoms with Crippen LogP contribution in [0.3, 0.4) is 0 Å². The highest BCUT2D eigenvalue weighted by atomic mass is 14.4. The molecule has 0 nitrogen and oxygen atoms in total. The molecule has 1 rings (SSSR count). The third-order valence-electron chi connectivity index (χ3n) is 9.83. The van der Waals surface area contributed by atoms with Crippen LogP contribution < -0.4 is 0 Å². The summed E-state index contributed by atoms with van der Waals surface area (Å²) in [6, 6.07) is 0. The van der Waals surface area contributed by atoms with E-state index in [1.165, 1.54) is 154 Å². The SMILES string of the molecule is CCCCC/C=C/CC1C(CCCCCC)C=CC(CCCCCCCC(C)C)C1CCCCCCCC(C)C. The lowest BCUT2D eigenvalue weighted by Gasteiger charge is -2.40. The van der Waals surface area contributed by atoms with Gasteiger partial charge >= 0.3 is 0 Å². The summed E-state index contributed by atoms with van der Waals surface area (Å²) < 4.78 is 0. The average Bonchev–Trinajstić information content (AvgIpc) is 2.92. The number of unbranched alkanes of at least 4 members (excludes halogenated alkanes) is 14. The van der Waals surface area contributed by atoms with Crippen molar-refractivity contribution in [2.45, 2.75) is 196 Å². The summed E-state index contributed by atoms with van der Waals surface area (Å²) in [6.07, 6.45) is 44.6. The smallest absolute Gasteiger partial charge is 0.0199 e. The maximum absolute atomic E-state index is 2.73. The highest BCUT2D eigenvalue weighted by Crippen LogP contribution is 2.44. The molecule has 0 aromatic rings. The Morgan fingerprint density at radius 2 is 0.925 bits per heavy atom. The van der Waals surface area contributed by atoms with Gasteiger partial charge in [0, 0.05) is 0 Å². The van der Waals surface area contributed by atoms with Crippen LogP contribution in [-0.4, -0.2) is 0 Å². The highest BCUT2D eigenvalue weighted by molar-refractivity contribution is 5.07. The Labute approximate surface area is 255 Å². The second-order valence-electron chi connectivity index (χ2n) is 14.6. The third-order valence-corrected chi connectivity index (χ3v) is 9.83. The molecule has 0 saturated heterocycles. The normalized spacial score (nSPS) is 21.4. The van der Waals surface area contributed by atoms with E-state index < -0.39 is 0 Å². The zero-order valence-corrected chi connectivity index (χ0v) is 28.7. The second kappa shape index (κ2) is 26.1. The van der Waals surface area contributed by atoms with Crippen LogP contribution in [0.25, 0.3) is 0 Å². The van der Waals surface area contributed by atoms with E-state index in [0.29, 0.717) is 0 Å². The minimum absolute atomic E-state index is 0.820. The van der Waals surface area contributed by atoms with Gasteiger partial charge in [0.15, 0.2) is 0 Å². The zero-order valence-electron chi connectivity index (χ0n) is 28.7. The van der Waals surface area contributed by atoms with E-state index in [1.807, 2.05) is 0 Å². The van der Waals surface area contributed by atoms with Crippen LogP contribution in [0.1, 0.15) is 196 Å². The van der Waals surface area contributed by atoms with Crippen molar-refractivity contribution in [3.05, 3.63) is 24.3 Å². The minimum atomic E-state index is 0.820. The number of rotatable bonds is 27. The molecule has 0 heterocycles. The summed E-state index contributed by atoms with van der Waals surface area (Å²) in [6.45, 7) is 14.2. The van der Waals surface area contributed by atoms with Crippen molar-refractivity contribution in [2.75, 3.05) is 0 Å². The average molecular weight is 557 g/mol. The van der Waals surface area contributed by atoms with Crippen LogP contribution in [0.15, 0.2) is 24.3 Å². The van der Waals surface area contributed by atoms with Gasteiger partial charge < -0.3 is 0 Å². The largest absolute Gasteiger partial charge is 0.0885 e. The van der Waals surface area contributed by atoms with Gasteiger partial charge in [0.1, 0.15) is 0 Å². The van der Waals surface area contributed by atoms with E-state index in [1.54, 1.807) is 0 Å². The molecule has 0 N–H and O–H groups in total. The Morgan fingerprint density at radius 1 is 0.475 bits per heavy atom. The van der Waals surface area contributed by atoms with Crippen molar-refractivity contribution in [1.82, 2.24) is 0 Å². The van der Waals surface area contributed by atoms with Crippen LogP contribution in [0, 0.1) is 35.5 Å². The van der Waals surface area contributed by atoms with Crippen LogP contribution in [0.2, 0.25) is 0 Å². The molecule has 4 atom stereocenters. The molecule has 0 aromatic heterocycles. The van der Waals surface area contributed by atoms with E-state index in [0.717, 1.165) is 35.5 Å². The van der Waals surface area contributed by atoms with Crippen LogP contribution >= 0.6 is 0 Å². The Bertz CT molecular complexity index is 581. The summed E-state index contributed by atoms with van der Waals surface area (Å²) in [7, 11) is 0. The first kappa shape index (κ1) is 37.5. The molecule has 0 radical (unpaired) electrons. The fourth-order valence-corrected chi connectivity index (χ4v) is 7.22. The minimum Gasteiger partial charge on any atom is -0.0885 e. The number of hydrogen-bond acceptors (Lipinski definition) is 0. The fraction of sp³-hybridized carbons (Fsp3) is 0.900. The van der Waals surface area contributed by atoms with Gasteiger partial charge in [-0.2, -0.15) is 0 Å². The lowest BCUT2D eigenvalue weighted by molar-refractivity contribution is 0.159. The van der Waals surface area contributed by atoms with Crippen LogP contribution in [-0.2, 0) is 0 Å². The van der Waals surface area contributed by atoms with E-state index in [-0.39, 0.29) is 0 Å². The third kappa shape index (κ3) is 19.6. The van der Waals surface area contributed by atoms with Gasteiger partial charge in [-0.3, -0.25) is 0 Å². The molecule has 0 heteroatoms. The predicted molar refractivity (Wildman–Crippen MR) is 184 cm³/mol. The van der Waals surface area contributed by atoms with Crippen molar-refractivity contribution >= 4 is 0 Å². The van der Waals surface area contributed by atoms with E-state index in [2.05, 4.69) is 65.8 Å². The first-order chi connectivity index (χ1) is 19.5. The summed E-state index contributed by atoms with van der Waals surface area (Å²) in [4.78, 5) is 0. The lowest BCUT2D eigenvalue weighted by Crippen LogP contribution is -2.31. The molecule has 236 valence electrons. The molecule has 0 bridgehead atoms. The molecule has 0 aliphatic heterocycles. The van der Waals surface area contributed by atoms with Gasteiger partial charge in [-0.05, 0) is 74.0 Å². The van der Waals surface area contributed by atoms with Crippen molar-refractivity contribution in [3.8, 4) is 0 Å². The topological polar surface area (TPSA) is 0 Å². The molecule has 40 heavy (non-hydrogen) atoms. The van der Waals surface area contributed by atoms with Crippen molar-refractivity contribution in [2.24, 2.45) is 35.5 Å². The van der Waals surface area contributed by atoms with Gasteiger partial charge in [-0.25, -0.2) is 0 Å². The first-order valence-corrected chi connectivity index (χ1v) is 18.8. The molecule has 0 spiro atoms. The quantitative estimate of drug-likeness (QED) is 0.0697. The van der Waals surface area contributed by atoms with Crippen molar-refractivity contribution < 1.29 is 0 Å². The molecule has 0 amide bonds. The highest BCUT2D eigenvalue weighted by Gasteiger charge is 2.34. The van der Waals surface area contributed by atoms with Crippen LogP contribution in [0.5, 0.6) is 0 Å². The number of allylic oxidation sites excluding steroid dienone is 4. The number of hydrogen-bond donors (Lipinski definition) is 0. The van der Waals surface area contributed by atoms with E-state index in [9.17, 15) is 0 Å². The molecular formula is C40H76. The molecule has 0 aromatic carbocycles. The Hall–Kier alpha value is -0.520.